The van der Waals surface area contributed by atoms with Crippen molar-refractivity contribution in [3.05, 3.63) is 23.8 Å². The van der Waals surface area contributed by atoms with E-state index in [1.54, 1.807) is 12.1 Å². The van der Waals surface area contributed by atoms with Gasteiger partial charge in [-0.05, 0) is 6.07 Å². The Bertz CT molecular complexity index is 381. The summed E-state index contributed by atoms with van der Waals surface area (Å²) in [5.74, 6) is -0.412. The van der Waals surface area contributed by atoms with Gasteiger partial charge in [0.25, 0.3) is 0 Å². The van der Waals surface area contributed by atoms with Crippen molar-refractivity contribution in [2.45, 2.75) is 6.04 Å². The van der Waals surface area contributed by atoms with Gasteiger partial charge in [0.1, 0.15) is 6.67 Å². The highest BCUT2D eigenvalue weighted by atomic mass is 19.1. The van der Waals surface area contributed by atoms with Gasteiger partial charge in [-0.15, -0.1) is 0 Å². The van der Waals surface area contributed by atoms with E-state index in [1.807, 2.05) is 4.90 Å². The van der Waals surface area contributed by atoms with Crippen LogP contribution in [0.25, 0.3) is 0 Å². The minimum atomic E-state index is -0.572. The van der Waals surface area contributed by atoms with Crippen molar-refractivity contribution in [2.24, 2.45) is 0 Å². The Labute approximate surface area is 99.7 Å². The van der Waals surface area contributed by atoms with Crippen LogP contribution in [0.4, 0.5) is 4.39 Å². The third kappa shape index (κ3) is 2.50. The van der Waals surface area contributed by atoms with Crippen molar-refractivity contribution in [1.29, 1.82) is 0 Å². The molecule has 1 heterocycles. The number of hydrogen-bond acceptors (Lipinski definition) is 4. The van der Waals surface area contributed by atoms with Crippen molar-refractivity contribution < 1.29 is 14.6 Å². The minimum Gasteiger partial charge on any atom is -0.504 e. The first-order valence-corrected chi connectivity index (χ1v) is 5.75. The normalized spacial score (nSPS) is 19.1. The molecule has 0 bridgehead atoms. The summed E-state index contributed by atoms with van der Waals surface area (Å²) in [6, 6.07) is 4.19. The Kier molecular flexibility index (Phi) is 3.81. The largest absolute Gasteiger partial charge is 0.504 e. The summed E-state index contributed by atoms with van der Waals surface area (Å²) in [5, 5.41) is 22.4. The molecule has 0 radical (unpaired) electrons. The van der Waals surface area contributed by atoms with E-state index in [4.69, 9.17) is 0 Å². The van der Waals surface area contributed by atoms with Gasteiger partial charge in [-0.3, -0.25) is 4.90 Å². The third-order valence-electron chi connectivity index (χ3n) is 3.14. The van der Waals surface area contributed by atoms with Crippen LogP contribution in [0.3, 0.4) is 0 Å². The fourth-order valence-corrected chi connectivity index (χ4v) is 2.19. The summed E-state index contributed by atoms with van der Waals surface area (Å²) in [5.41, 5.74) is 0.453. The molecule has 2 rings (SSSR count). The van der Waals surface area contributed by atoms with Crippen LogP contribution in [0.2, 0.25) is 0 Å². The van der Waals surface area contributed by atoms with E-state index in [0.717, 1.165) is 26.2 Å². The lowest BCUT2D eigenvalue weighted by Crippen LogP contribution is -2.45. The topological polar surface area (TPSA) is 55.7 Å². The molecular formula is C12H17FN2O2. The van der Waals surface area contributed by atoms with Crippen molar-refractivity contribution in [2.75, 3.05) is 32.9 Å². The monoisotopic (exact) mass is 240 g/mol. The van der Waals surface area contributed by atoms with Crippen molar-refractivity contribution in [3.63, 3.8) is 0 Å². The number of nitrogens with one attached hydrogen (secondary N) is 1. The Morgan fingerprint density at radius 1 is 1.29 bits per heavy atom. The molecular weight excluding hydrogens is 223 g/mol. The summed E-state index contributed by atoms with van der Waals surface area (Å²) in [4.78, 5) is 1.98. The quantitative estimate of drug-likeness (QED) is 0.690. The van der Waals surface area contributed by atoms with Gasteiger partial charge < -0.3 is 15.5 Å². The number of piperazine rings is 1. The van der Waals surface area contributed by atoms with Crippen LogP contribution in [-0.2, 0) is 0 Å². The second kappa shape index (κ2) is 5.33. The lowest BCUT2D eigenvalue weighted by molar-refractivity contribution is 0.145. The second-order valence-electron chi connectivity index (χ2n) is 4.17. The Morgan fingerprint density at radius 3 is 2.65 bits per heavy atom. The number of aromatic hydroxyl groups is 2. The summed E-state index contributed by atoms with van der Waals surface area (Å²) in [6.45, 7) is 2.54. The van der Waals surface area contributed by atoms with Crippen molar-refractivity contribution in [1.82, 2.24) is 10.2 Å². The number of nitrogens with zero attached hydrogens (tertiary/aromatic N) is 1. The van der Waals surface area contributed by atoms with E-state index in [1.165, 1.54) is 6.07 Å². The van der Waals surface area contributed by atoms with Crippen molar-refractivity contribution in [3.8, 4) is 11.5 Å². The Balaban J connectivity index is 2.24. The summed E-state index contributed by atoms with van der Waals surface area (Å²) >= 11 is 0. The number of benzene rings is 1. The molecule has 5 heteroatoms. The first kappa shape index (κ1) is 12.1. The molecule has 1 fully saturated rings. The number of halogens is 1. The number of phenols is 2. The van der Waals surface area contributed by atoms with Crippen LogP contribution in [0.5, 0.6) is 11.5 Å². The second-order valence-corrected chi connectivity index (χ2v) is 4.17. The molecule has 0 spiro atoms. The van der Waals surface area contributed by atoms with E-state index in [0.29, 0.717) is 5.56 Å². The highest BCUT2D eigenvalue weighted by Gasteiger charge is 2.25. The van der Waals surface area contributed by atoms with E-state index in [2.05, 4.69) is 5.32 Å². The van der Waals surface area contributed by atoms with Crippen LogP contribution in [-0.4, -0.2) is 48.0 Å². The highest BCUT2D eigenvalue weighted by Crippen LogP contribution is 2.35. The minimum absolute atomic E-state index is 0.198. The zero-order valence-electron chi connectivity index (χ0n) is 9.56. The predicted molar refractivity (Wildman–Crippen MR) is 62.9 cm³/mol. The molecule has 1 atom stereocenters. The lowest BCUT2D eigenvalue weighted by Gasteiger charge is -2.33. The van der Waals surface area contributed by atoms with Gasteiger partial charge in [0.2, 0.25) is 0 Å². The smallest absolute Gasteiger partial charge is 0.162 e. The van der Waals surface area contributed by atoms with E-state index in [9.17, 15) is 14.6 Å². The maximum Gasteiger partial charge on any atom is 0.162 e. The molecule has 94 valence electrons. The van der Waals surface area contributed by atoms with Gasteiger partial charge in [0, 0.05) is 31.7 Å². The molecule has 17 heavy (non-hydrogen) atoms. The average Bonchev–Trinajstić information content (AvgIpc) is 2.37. The van der Waals surface area contributed by atoms with Gasteiger partial charge in [-0.2, -0.15) is 0 Å². The summed E-state index contributed by atoms with van der Waals surface area (Å²) < 4.78 is 13.2. The number of para-hydroxylation sites is 1. The zero-order chi connectivity index (χ0) is 12.3. The molecule has 0 aromatic heterocycles. The van der Waals surface area contributed by atoms with Crippen molar-refractivity contribution >= 4 is 0 Å². The fourth-order valence-electron chi connectivity index (χ4n) is 2.19. The Hall–Kier alpha value is -1.33. The maximum atomic E-state index is 13.2. The molecule has 0 aliphatic carbocycles. The number of phenolic OH excluding ortho intramolecular Hbond substituents is 2. The van der Waals surface area contributed by atoms with Crippen LogP contribution in [0.1, 0.15) is 11.6 Å². The highest BCUT2D eigenvalue weighted by molar-refractivity contribution is 5.46. The van der Waals surface area contributed by atoms with Gasteiger partial charge in [-0.25, -0.2) is 4.39 Å². The summed E-state index contributed by atoms with van der Waals surface area (Å²) in [6.07, 6.45) is 0. The molecule has 0 unspecified atom stereocenters. The zero-order valence-corrected chi connectivity index (χ0v) is 9.56. The van der Waals surface area contributed by atoms with Gasteiger partial charge in [0.05, 0.1) is 6.04 Å². The molecule has 0 amide bonds. The van der Waals surface area contributed by atoms with E-state index >= 15 is 0 Å². The molecule has 1 aromatic carbocycles. The molecule has 1 aliphatic rings. The van der Waals surface area contributed by atoms with Crippen LogP contribution in [0, 0.1) is 0 Å². The molecule has 0 saturated carbocycles. The van der Waals surface area contributed by atoms with Gasteiger partial charge in [0.15, 0.2) is 11.5 Å². The van der Waals surface area contributed by atoms with Gasteiger partial charge >= 0.3 is 0 Å². The molecule has 1 saturated heterocycles. The predicted octanol–water partition coefficient (Wildman–Crippen LogP) is 1.01. The lowest BCUT2D eigenvalue weighted by atomic mass is 10.0. The number of hydrogen-bond donors (Lipinski definition) is 3. The number of rotatable bonds is 3. The first-order valence-electron chi connectivity index (χ1n) is 5.75. The van der Waals surface area contributed by atoms with E-state index in [-0.39, 0.29) is 11.5 Å². The SMILES string of the molecule is Oc1cccc([C@H](CF)N2CCNCC2)c1O. The molecule has 1 aliphatic heterocycles. The number of alkyl halides is 1. The van der Waals surface area contributed by atoms with Crippen LogP contribution in [0.15, 0.2) is 18.2 Å². The van der Waals surface area contributed by atoms with Gasteiger partial charge in [-0.1, -0.05) is 12.1 Å². The fraction of sp³-hybridized carbons (Fsp3) is 0.500. The maximum absolute atomic E-state index is 13.2. The van der Waals surface area contributed by atoms with Crippen LogP contribution < -0.4 is 5.32 Å². The average molecular weight is 240 g/mol. The van der Waals surface area contributed by atoms with Crippen LogP contribution >= 0.6 is 0 Å². The summed E-state index contributed by atoms with van der Waals surface area (Å²) in [7, 11) is 0. The first-order chi connectivity index (χ1) is 8.24. The molecule has 4 nitrogen and oxygen atoms in total. The molecule has 3 N–H and O–H groups in total. The Morgan fingerprint density at radius 2 is 2.00 bits per heavy atom. The third-order valence-corrected chi connectivity index (χ3v) is 3.14. The van der Waals surface area contributed by atoms with E-state index < -0.39 is 12.7 Å². The standard InChI is InChI=1S/C12H17FN2O2/c13-8-10(15-6-4-14-5-7-15)9-2-1-3-11(16)12(9)17/h1-3,10,14,16-17H,4-8H2/t10-/m0/s1. The molecule has 1 aromatic rings.